The second-order valence-electron chi connectivity index (χ2n) is 4.88. The molecule has 1 heterocycles. The molecule has 3 N–H and O–H groups in total. The average molecular weight is 266 g/mol. The van der Waals surface area contributed by atoms with E-state index in [9.17, 15) is 5.11 Å². The largest absolute Gasteiger partial charge is 0.398 e. The number of thioether (sulfide) groups is 1. The standard InChI is InChI=1S/C14H22N2OS/c1-18-11-6-8-16(9-7-11)10-14(17)12-4-2-3-5-13(12)15/h2-5,11,14,17H,6-10,15H2,1H3. The summed E-state index contributed by atoms with van der Waals surface area (Å²) in [4.78, 5) is 2.34. The van der Waals surface area contributed by atoms with Crippen LogP contribution in [0.5, 0.6) is 0 Å². The Morgan fingerprint density at radius 1 is 1.39 bits per heavy atom. The number of β-amino-alcohol motifs (C(OH)–C–C–N with tert-alkyl or cyclic N) is 1. The van der Waals surface area contributed by atoms with Gasteiger partial charge in [0.2, 0.25) is 0 Å². The highest BCUT2D eigenvalue weighted by molar-refractivity contribution is 7.99. The van der Waals surface area contributed by atoms with E-state index >= 15 is 0 Å². The monoisotopic (exact) mass is 266 g/mol. The van der Waals surface area contributed by atoms with Crippen molar-refractivity contribution in [1.29, 1.82) is 0 Å². The normalized spacial score (nSPS) is 19.9. The van der Waals surface area contributed by atoms with Crippen LogP contribution in [0.1, 0.15) is 24.5 Å². The number of rotatable bonds is 4. The molecule has 0 bridgehead atoms. The van der Waals surface area contributed by atoms with Crippen molar-refractivity contribution in [2.24, 2.45) is 0 Å². The molecule has 0 spiro atoms. The van der Waals surface area contributed by atoms with Crippen LogP contribution >= 0.6 is 11.8 Å². The lowest BCUT2D eigenvalue weighted by Crippen LogP contribution is -2.37. The minimum absolute atomic E-state index is 0.475. The molecule has 2 rings (SSSR count). The number of hydrogen-bond acceptors (Lipinski definition) is 4. The summed E-state index contributed by atoms with van der Waals surface area (Å²) in [6.07, 6.45) is 4.15. The van der Waals surface area contributed by atoms with Crippen molar-refractivity contribution < 1.29 is 5.11 Å². The van der Waals surface area contributed by atoms with Gasteiger partial charge in [-0.15, -0.1) is 0 Å². The topological polar surface area (TPSA) is 49.5 Å². The number of aliphatic hydroxyl groups excluding tert-OH is 1. The Kier molecular flexibility index (Phi) is 4.92. The van der Waals surface area contributed by atoms with Crippen LogP contribution in [0.25, 0.3) is 0 Å². The summed E-state index contributed by atoms with van der Waals surface area (Å²) in [6, 6.07) is 7.58. The number of likely N-dealkylation sites (tertiary alicyclic amines) is 1. The van der Waals surface area contributed by atoms with E-state index < -0.39 is 6.10 Å². The third-order valence-corrected chi connectivity index (χ3v) is 4.79. The van der Waals surface area contributed by atoms with Crippen LogP contribution < -0.4 is 5.73 Å². The van der Waals surface area contributed by atoms with Gasteiger partial charge < -0.3 is 15.7 Å². The third kappa shape index (κ3) is 3.40. The highest BCUT2D eigenvalue weighted by atomic mass is 32.2. The van der Waals surface area contributed by atoms with Gasteiger partial charge in [-0.1, -0.05) is 18.2 Å². The van der Waals surface area contributed by atoms with Crippen LogP contribution in [0.15, 0.2) is 24.3 Å². The van der Waals surface area contributed by atoms with Gasteiger partial charge in [-0.05, 0) is 38.3 Å². The van der Waals surface area contributed by atoms with Crippen molar-refractivity contribution in [1.82, 2.24) is 4.90 Å². The molecule has 1 aromatic rings. The summed E-state index contributed by atoms with van der Waals surface area (Å²) < 4.78 is 0. The van der Waals surface area contributed by atoms with E-state index in [1.807, 2.05) is 36.0 Å². The molecular weight excluding hydrogens is 244 g/mol. The molecule has 1 unspecified atom stereocenters. The Bertz CT molecular complexity index is 378. The summed E-state index contributed by atoms with van der Waals surface area (Å²) in [5.74, 6) is 0. The molecule has 0 amide bonds. The smallest absolute Gasteiger partial charge is 0.0936 e. The van der Waals surface area contributed by atoms with Crippen molar-refractivity contribution in [3.63, 3.8) is 0 Å². The molecule has 1 aliphatic heterocycles. The van der Waals surface area contributed by atoms with E-state index in [4.69, 9.17) is 5.73 Å². The first-order valence-corrected chi connectivity index (χ1v) is 7.77. The maximum absolute atomic E-state index is 10.2. The quantitative estimate of drug-likeness (QED) is 0.820. The number of hydrogen-bond donors (Lipinski definition) is 2. The summed E-state index contributed by atoms with van der Waals surface area (Å²) in [5.41, 5.74) is 7.42. The molecule has 1 aromatic carbocycles. The van der Waals surface area contributed by atoms with Crippen LogP contribution in [0.3, 0.4) is 0 Å². The average Bonchev–Trinajstić information content (AvgIpc) is 2.40. The van der Waals surface area contributed by atoms with Gasteiger partial charge in [-0.2, -0.15) is 11.8 Å². The Morgan fingerprint density at radius 2 is 2.06 bits per heavy atom. The summed E-state index contributed by atoms with van der Waals surface area (Å²) in [7, 11) is 0. The van der Waals surface area contributed by atoms with Crippen LogP contribution in [-0.2, 0) is 0 Å². The van der Waals surface area contributed by atoms with Crippen molar-refractivity contribution in [2.45, 2.75) is 24.2 Å². The fourth-order valence-corrected chi connectivity index (χ4v) is 3.17. The molecule has 0 aliphatic carbocycles. The van der Waals surface area contributed by atoms with E-state index in [0.29, 0.717) is 12.2 Å². The zero-order chi connectivity index (χ0) is 13.0. The lowest BCUT2D eigenvalue weighted by molar-refractivity contribution is 0.103. The zero-order valence-corrected chi connectivity index (χ0v) is 11.7. The first-order valence-electron chi connectivity index (χ1n) is 6.48. The Balaban J connectivity index is 1.89. The maximum Gasteiger partial charge on any atom is 0.0936 e. The molecule has 3 nitrogen and oxygen atoms in total. The fraction of sp³-hybridized carbons (Fsp3) is 0.571. The molecule has 0 radical (unpaired) electrons. The van der Waals surface area contributed by atoms with E-state index in [1.54, 1.807) is 0 Å². The van der Waals surface area contributed by atoms with Gasteiger partial charge in [0.25, 0.3) is 0 Å². The van der Waals surface area contributed by atoms with Crippen LogP contribution in [-0.4, -0.2) is 41.1 Å². The number of benzene rings is 1. The van der Waals surface area contributed by atoms with Gasteiger partial charge >= 0.3 is 0 Å². The van der Waals surface area contributed by atoms with Crippen LogP contribution in [0.4, 0.5) is 5.69 Å². The van der Waals surface area contributed by atoms with Gasteiger partial charge in [-0.3, -0.25) is 0 Å². The second kappa shape index (κ2) is 6.45. The minimum Gasteiger partial charge on any atom is -0.398 e. The molecule has 1 fully saturated rings. The second-order valence-corrected chi connectivity index (χ2v) is 6.02. The van der Waals surface area contributed by atoms with Crippen LogP contribution in [0, 0.1) is 0 Å². The van der Waals surface area contributed by atoms with E-state index in [0.717, 1.165) is 23.9 Å². The van der Waals surface area contributed by atoms with Crippen molar-refractivity contribution in [3.8, 4) is 0 Å². The molecule has 0 saturated carbocycles. The van der Waals surface area contributed by atoms with Crippen molar-refractivity contribution >= 4 is 17.4 Å². The van der Waals surface area contributed by atoms with Crippen molar-refractivity contribution in [3.05, 3.63) is 29.8 Å². The number of nitrogens with zero attached hydrogens (tertiary/aromatic N) is 1. The van der Waals surface area contributed by atoms with E-state index in [2.05, 4.69) is 11.2 Å². The number of piperidine rings is 1. The van der Waals surface area contributed by atoms with E-state index in [1.165, 1.54) is 12.8 Å². The summed E-state index contributed by atoms with van der Waals surface area (Å²) in [5, 5.41) is 11.0. The fourth-order valence-electron chi connectivity index (χ4n) is 2.48. The first kappa shape index (κ1) is 13.7. The Hall–Kier alpha value is -0.710. The summed E-state index contributed by atoms with van der Waals surface area (Å²) in [6.45, 7) is 2.85. The first-order chi connectivity index (χ1) is 8.70. The highest BCUT2D eigenvalue weighted by Gasteiger charge is 2.21. The Labute approximate surface area is 113 Å². The van der Waals surface area contributed by atoms with Gasteiger partial charge in [0.05, 0.1) is 6.10 Å². The molecule has 1 aliphatic rings. The molecule has 0 aromatic heterocycles. The SMILES string of the molecule is CSC1CCN(CC(O)c2ccccc2N)CC1. The van der Waals surface area contributed by atoms with Gasteiger partial charge in [-0.25, -0.2) is 0 Å². The molecule has 1 atom stereocenters. The minimum atomic E-state index is -0.475. The summed E-state index contributed by atoms with van der Waals surface area (Å²) >= 11 is 1.96. The Morgan fingerprint density at radius 3 is 2.67 bits per heavy atom. The number of aliphatic hydroxyl groups is 1. The molecule has 1 saturated heterocycles. The zero-order valence-electron chi connectivity index (χ0n) is 10.9. The molecule has 100 valence electrons. The van der Waals surface area contributed by atoms with Gasteiger partial charge in [0.15, 0.2) is 0 Å². The lowest BCUT2D eigenvalue weighted by atomic mass is 10.0. The third-order valence-electron chi connectivity index (χ3n) is 3.65. The van der Waals surface area contributed by atoms with Crippen molar-refractivity contribution in [2.75, 3.05) is 31.6 Å². The highest BCUT2D eigenvalue weighted by Crippen LogP contribution is 2.25. The lowest BCUT2D eigenvalue weighted by Gasteiger charge is -2.32. The number of anilines is 1. The van der Waals surface area contributed by atoms with Gasteiger partial charge in [0, 0.05) is 23.0 Å². The molecule has 4 heteroatoms. The van der Waals surface area contributed by atoms with Crippen LogP contribution in [0.2, 0.25) is 0 Å². The predicted molar refractivity (Wildman–Crippen MR) is 78.8 cm³/mol. The number of para-hydroxylation sites is 1. The van der Waals surface area contributed by atoms with Gasteiger partial charge in [0.1, 0.15) is 0 Å². The van der Waals surface area contributed by atoms with E-state index in [-0.39, 0.29) is 0 Å². The maximum atomic E-state index is 10.2. The predicted octanol–water partition coefficient (Wildman–Crippen LogP) is 2.13. The number of nitrogens with two attached hydrogens (primary N) is 1. The molecular formula is C14H22N2OS. The number of nitrogen functional groups attached to an aromatic ring is 1. The molecule has 18 heavy (non-hydrogen) atoms.